The smallest absolute Gasteiger partial charge is 0.374 e. The highest BCUT2D eigenvalue weighted by atomic mass is 31.1. The van der Waals surface area contributed by atoms with Crippen LogP contribution in [-0.4, -0.2) is 41.2 Å². The van der Waals surface area contributed by atoms with Crippen molar-refractivity contribution in [2.45, 2.75) is 40.2 Å². The average molecular weight is 620 g/mol. The summed E-state index contributed by atoms with van der Waals surface area (Å²) < 4.78 is 16.9. The Morgan fingerprint density at radius 3 is 1.00 bits per heavy atom. The topological polar surface area (TPSA) is 39.7 Å². The van der Waals surface area contributed by atoms with Crippen molar-refractivity contribution in [3.05, 3.63) is 121 Å². The quantitative estimate of drug-likeness (QED) is 0.106. The summed E-state index contributed by atoms with van der Waals surface area (Å²) in [5, 5.41) is 9.52. The Morgan fingerprint density at radius 2 is 0.762 bits per heavy atom. The Labute approximate surface area is 257 Å². The van der Waals surface area contributed by atoms with E-state index in [9.17, 15) is 0 Å². The Morgan fingerprint density at radius 1 is 0.476 bits per heavy atom. The molecule has 0 atom stereocenters. The third-order valence-electron chi connectivity index (χ3n) is 6.46. The van der Waals surface area contributed by atoms with E-state index in [1.54, 1.807) is 0 Å². The van der Waals surface area contributed by atoms with Gasteiger partial charge in [-0.2, -0.15) is 0 Å². The molecular formula is C35H47NO3P2Si. The second-order valence-electron chi connectivity index (χ2n) is 9.50. The van der Waals surface area contributed by atoms with Crippen molar-refractivity contribution in [1.82, 2.24) is 5.32 Å². The van der Waals surface area contributed by atoms with Gasteiger partial charge in [0.25, 0.3) is 0 Å². The third-order valence-corrected chi connectivity index (χ3v) is 14.5. The van der Waals surface area contributed by atoms with E-state index in [2.05, 4.69) is 134 Å². The van der Waals surface area contributed by atoms with Gasteiger partial charge >= 0.3 is 8.80 Å². The fourth-order valence-corrected chi connectivity index (χ4v) is 11.6. The van der Waals surface area contributed by atoms with Crippen LogP contribution in [0.4, 0.5) is 0 Å². The maximum Gasteiger partial charge on any atom is 0.500 e. The molecule has 0 unspecified atom stereocenters. The number of benzene rings is 4. The van der Waals surface area contributed by atoms with Crippen molar-refractivity contribution < 1.29 is 13.3 Å². The van der Waals surface area contributed by atoms with Crippen LogP contribution in [0.25, 0.3) is 0 Å². The van der Waals surface area contributed by atoms with Gasteiger partial charge in [-0.25, -0.2) is 0 Å². The lowest BCUT2D eigenvalue weighted by Crippen LogP contribution is -2.45. The lowest BCUT2D eigenvalue weighted by atomic mass is 10.4. The molecule has 42 heavy (non-hydrogen) atoms. The molecule has 0 radical (unpaired) electrons. The molecule has 0 saturated carbocycles. The summed E-state index contributed by atoms with van der Waals surface area (Å²) in [6.45, 7) is 10.1. The van der Waals surface area contributed by atoms with E-state index in [1.165, 1.54) is 21.2 Å². The highest BCUT2D eigenvalue weighted by molar-refractivity contribution is 7.73. The first-order valence-corrected chi connectivity index (χ1v) is 20.0. The van der Waals surface area contributed by atoms with Crippen LogP contribution < -0.4 is 26.5 Å². The maximum atomic E-state index is 5.65. The van der Waals surface area contributed by atoms with Crippen LogP contribution in [0.5, 0.6) is 0 Å². The molecule has 0 aliphatic carbocycles. The molecule has 0 heterocycles. The molecule has 0 aliphatic rings. The number of rotatable bonds is 16. The molecule has 4 rings (SSSR count). The van der Waals surface area contributed by atoms with Crippen molar-refractivity contribution in [2.24, 2.45) is 0 Å². The summed E-state index contributed by atoms with van der Waals surface area (Å²) in [6.07, 6.45) is 3.02. The van der Waals surface area contributed by atoms with Gasteiger partial charge in [0.2, 0.25) is 0 Å². The van der Waals surface area contributed by atoms with Gasteiger partial charge < -0.3 is 18.6 Å². The highest BCUT2D eigenvalue weighted by Crippen LogP contribution is 2.35. The molecule has 7 heteroatoms. The number of hydrogen-bond acceptors (Lipinski definition) is 4. The molecule has 4 nitrogen and oxygen atoms in total. The Bertz CT molecular complexity index is 1030. The second-order valence-corrected chi connectivity index (χ2v) is 16.6. The summed E-state index contributed by atoms with van der Waals surface area (Å²) in [7, 11) is -3.14. The fraction of sp³-hybridized carbons (Fsp3) is 0.314. The van der Waals surface area contributed by atoms with Crippen LogP contribution >= 0.6 is 15.8 Å². The molecule has 0 spiro atoms. The largest absolute Gasteiger partial charge is 0.500 e. The summed E-state index contributed by atoms with van der Waals surface area (Å²) in [4.78, 5) is 0. The molecule has 0 fully saturated rings. The Balaban J connectivity index is 0.000000316. The predicted molar refractivity (Wildman–Crippen MR) is 187 cm³/mol. The van der Waals surface area contributed by atoms with Crippen LogP contribution in [0.1, 0.15) is 34.1 Å². The van der Waals surface area contributed by atoms with Gasteiger partial charge in [0.05, 0.1) is 0 Å². The first-order valence-electron chi connectivity index (χ1n) is 15.0. The van der Waals surface area contributed by atoms with Gasteiger partial charge in [-0.15, -0.1) is 0 Å². The Hall–Kier alpha value is -2.20. The monoisotopic (exact) mass is 619 g/mol. The molecule has 0 bridgehead atoms. The standard InChI is InChI=1S/C26H25NP2.C9H22O3Si/c1-5-13-23(14-6-1)28(24-15-7-2-8-16-24)21-27-22-29(25-17-9-3-10-18-25)26-19-11-4-12-20-26;1-5-9-13(10-6-2,11-7-3)12-8-4/h1-20,27H,21-22H2;5-9H2,1-4H3. The summed E-state index contributed by atoms with van der Waals surface area (Å²) >= 11 is 0. The van der Waals surface area contributed by atoms with Crippen molar-refractivity contribution in [2.75, 3.05) is 32.4 Å². The van der Waals surface area contributed by atoms with Crippen LogP contribution in [0, 0.1) is 0 Å². The molecule has 224 valence electrons. The first kappa shape index (κ1) is 34.3. The Kier molecular flexibility index (Phi) is 16.2. The van der Waals surface area contributed by atoms with Crippen molar-refractivity contribution in [3.63, 3.8) is 0 Å². The SMILES string of the molecule is CCC[Si](OCC)(OCC)OCC.c1ccc(P(CNCP(c2ccccc2)c2ccccc2)c2ccccc2)cc1. The fourth-order valence-electron chi connectivity index (χ4n) is 4.68. The summed E-state index contributed by atoms with van der Waals surface area (Å²) in [5.74, 6) is 0. The summed E-state index contributed by atoms with van der Waals surface area (Å²) in [5.41, 5.74) is 0. The molecular weight excluding hydrogens is 572 g/mol. The molecule has 4 aromatic rings. The predicted octanol–water partition coefficient (Wildman–Crippen LogP) is 7.20. The van der Waals surface area contributed by atoms with Crippen LogP contribution in [0.15, 0.2) is 121 Å². The zero-order valence-corrected chi connectivity index (χ0v) is 28.4. The molecule has 0 saturated heterocycles. The number of hydrogen-bond donors (Lipinski definition) is 1. The normalized spacial score (nSPS) is 11.4. The minimum Gasteiger partial charge on any atom is -0.374 e. The van der Waals surface area contributed by atoms with Gasteiger partial charge in [-0.3, -0.25) is 0 Å². The van der Waals surface area contributed by atoms with Crippen molar-refractivity contribution >= 4 is 45.9 Å². The average Bonchev–Trinajstić information content (AvgIpc) is 3.04. The lowest BCUT2D eigenvalue weighted by molar-refractivity contribution is 0.0712. The molecule has 0 aliphatic heterocycles. The van der Waals surface area contributed by atoms with E-state index in [0.29, 0.717) is 19.8 Å². The van der Waals surface area contributed by atoms with Crippen molar-refractivity contribution in [3.8, 4) is 0 Å². The van der Waals surface area contributed by atoms with Gasteiger partial charge in [0.1, 0.15) is 0 Å². The third kappa shape index (κ3) is 11.1. The van der Waals surface area contributed by atoms with Gasteiger partial charge in [0.15, 0.2) is 0 Å². The maximum absolute atomic E-state index is 5.65. The van der Waals surface area contributed by atoms with E-state index in [0.717, 1.165) is 25.0 Å². The molecule has 4 aromatic carbocycles. The van der Waals surface area contributed by atoms with Crippen LogP contribution in [0.3, 0.4) is 0 Å². The minimum absolute atomic E-state index is 0.420. The highest BCUT2D eigenvalue weighted by Gasteiger charge is 2.38. The van der Waals surface area contributed by atoms with E-state index >= 15 is 0 Å². The molecule has 1 N–H and O–H groups in total. The van der Waals surface area contributed by atoms with Gasteiger partial charge in [0, 0.05) is 38.4 Å². The van der Waals surface area contributed by atoms with E-state index < -0.39 is 24.6 Å². The number of nitrogens with one attached hydrogen (secondary N) is 1. The minimum atomic E-state index is -2.30. The lowest BCUT2D eigenvalue weighted by Gasteiger charge is -2.27. The second kappa shape index (κ2) is 19.9. The van der Waals surface area contributed by atoms with Crippen molar-refractivity contribution in [1.29, 1.82) is 0 Å². The summed E-state index contributed by atoms with van der Waals surface area (Å²) in [6, 6.07) is 44.6. The van der Waals surface area contributed by atoms with E-state index in [-0.39, 0.29) is 0 Å². The van der Waals surface area contributed by atoms with Gasteiger partial charge in [-0.1, -0.05) is 135 Å². The molecule has 0 amide bonds. The zero-order valence-electron chi connectivity index (χ0n) is 25.6. The van der Waals surface area contributed by atoms with Gasteiger partial charge in [-0.05, 0) is 57.8 Å². The van der Waals surface area contributed by atoms with E-state index in [1.807, 2.05) is 20.8 Å². The van der Waals surface area contributed by atoms with Crippen LogP contribution in [-0.2, 0) is 13.3 Å². The van der Waals surface area contributed by atoms with Crippen LogP contribution in [0.2, 0.25) is 6.04 Å². The van der Waals surface area contributed by atoms with E-state index in [4.69, 9.17) is 13.3 Å². The zero-order chi connectivity index (χ0) is 29.9. The first-order chi connectivity index (χ1) is 20.7. The molecule has 0 aromatic heterocycles.